The molecule has 3 aromatic carbocycles. The molecule has 0 fully saturated rings. The third-order valence-electron chi connectivity index (χ3n) is 5.17. The molecule has 0 bridgehead atoms. The number of benzene rings is 3. The van der Waals surface area contributed by atoms with Crippen molar-refractivity contribution in [2.75, 3.05) is 11.9 Å². The number of anilines is 1. The highest BCUT2D eigenvalue weighted by molar-refractivity contribution is 9.10. The van der Waals surface area contributed by atoms with E-state index in [1.807, 2.05) is 19.9 Å². The number of carbonyl (C=O) groups excluding carboxylic acids is 1. The van der Waals surface area contributed by atoms with Crippen molar-refractivity contribution in [1.29, 1.82) is 0 Å². The van der Waals surface area contributed by atoms with Crippen LogP contribution in [0.4, 0.5) is 10.1 Å². The minimum absolute atomic E-state index is 0.0509. The fourth-order valence-corrected chi connectivity index (χ4v) is 4.79. The van der Waals surface area contributed by atoms with E-state index in [4.69, 9.17) is 16.3 Å². The molecule has 0 aliphatic carbocycles. The van der Waals surface area contributed by atoms with E-state index in [2.05, 4.69) is 47.3 Å². The molecule has 0 aliphatic rings. The predicted octanol–water partition coefficient (Wildman–Crippen LogP) is 6.74. The van der Waals surface area contributed by atoms with Crippen LogP contribution < -0.4 is 15.6 Å². The number of nitrogens with one attached hydrogen (secondary N) is 1. The Morgan fingerprint density at radius 2 is 1.92 bits per heavy atom. The Morgan fingerprint density at radius 1 is 1.19 bits per heavy atom. The maximum atomic E-state index is 13.2. The number of nitrogens with zero attached hydrogens (tertiary/aromatic N) is 3. The minimum Gasteiger partial charge on any atom is -0.481 e. The predicted molar refractivity (Wildman–Crippen MR) is 150 cm³/mol. The number of rotatable bonds is 7. The molecule has 0 unspecified atom stereocenters. The monoisotopic (exact) mass is 648 g/mol. The Bertz CT molecular complexity index is 1550. The molecule has 0 saturated carbocycles. The topological polar surface area (TPSA) is 85.6 Å². The fourth-order valence-electron chi connectivity index (χ4n) is 3.44. The second-order valence-corrected chi connectivity index (χ2v) is 10.5. The summed E-state index contributed by atoms with van der Waals surface area (Å²) in [6.07, 6.45) is 1.50. The number of hydrogen-bond donors (Lipinski definition) is 1. The van der Waals surface area contributed by atoms with Gasteiger partial charge in [-0.1, -0.05) is 41.4 Å². The Balaban J connectivity index is 1.55. The first-order valence-electron chi connectivity index (χ1n) is 11.1. The summed E-state index contributed by atoms with van der Waals surface area (Å²) in [5, 5.41) is 7.70. The molecule has 1 amide bonds. The molecule has 37 heavy (non-hydrogen) atoms. The third kappa shape index (κ3) is 6.44. The molecule has 0 atom stereocenters. The highest BCUT2D eigenvalue weighted by Crippen LogP contribution is 2.34. The molecule has 4 rings (SSSR count). The van der Waals surface area contributed by atoms with Crippen molar-refractivity contribution in [3.63, 3.8) is 0 Å². The molecule has 0 aliphatic heterocycles. The van der Waals surface area contributed by atoms with E-state index in [9.17, 15) is 14.0 Å². The number of halogens is 4. The van der Waals surface area contributed by atoms with E-state index < -0.39 is 11.7 Å². The van der Waals surface area contributed by atoms with Crippen molar-refractivity contribution in [2.24, 2.45) is 5.10 Å². The summed E-state index contributed by atoms with van der Waals surface area (Å²) in [7, 11) is 0. The van der Waals surface area contributed by atoms with E-state index in [1.165, 1.54) is 35.2 Å². The van der Waals surface area contributed by atoms with Gasteiger partial charge < -0.3 is 10.1 Å². The quantitative estimate of drug-likeness (QED) is 0.225. The van der Waals surface area contributed by atoms with Gasteiger partial charge in [-0.25, -0.2) is 9.37 Å². The number of amides is 1. The van der Waals surface area contributed by atoms with E-state index >= 15 is 0 Å². The van der Waals surface area contributed by atoms with E-state index in [-0.39, 0.29) is 28.9 Å². The first-order chi connectivity index (χ1) is 17.6. The zero-order valence-corrected chi connectivity index (χ0v) is 23.6. The van der Waals surface area contributed by atoms with Gasteiger partial charge in [0.2, 0.25) is 0 Å². The first-order valence-corrected chi connectivity index (χ1v) is 13.0. The van der Waals surface area contributed by atoms with Crippen LogP contribution in [0, 0.1) is 5.82 Å². The summed E-state index contributed by atoms with van der Waals surface area (Å²) < 4.78 is 21.2. The first kappa shape index (κ1) is 27.0. The zero-order chi connectivity index (χ0) is 26.7. The Labute approximate surface area is 233 Å². The lowest BCUT2D eigenvalue weighted by molar-refractivity contribution is -0.118. The van der Waals surface area contributed by atoms with Crippen LogP contribution in [-0.2, 0) is 4.79 Å². The Kier molecular flexibility index (Phi) is 8.41. The zero-order valence-electron chi connectivity index (χ0n) is 19.6. The number of ether oxygens (including phenoxy) is 1. The van der Waals surface area contributed by atoms with Gasteiger partial charge in [-0.2, -0.15) is 9.78 Å². The van der Waals surface area contributed by atoms with E-state index in [0.717, 1.165) is 4.47 Å². The molecule has 11 heteroatoms. The Morgan fingerprint density at radius 3 is 2.59 bits per heavy atom. The van der Waals surface area contributed by atoms with Gasteiger partial charge in [0.25, 0.3) is 11.5 Å². The molecule has 4 aromatic rings. The molecule has 7 nitrogen and oxygen atoms in total. The second-order valence-electron chi connectivity index (χ2n) is 8.31. The van der Waals surface area contributed by atoms with Crippen LogP contribution in [0.2, 0.25) is 5.02 Å². The van der Waals surface area contributed by atoms with Crippen LogP contribution in [0.5, 0.6) is 5.75 Å². The standard InChI is InChI=1S/C26H20Br2ClFN4O3/c1-14(2)25-33-22-8-3-16(27)11-19(22)26(36)34(25)31-12-15-9-20(28)24(21(29)10-15)37-13-23(35)32-18-6-4-17(30)5-7-18/h3-12,14H,13H2,1-2H3,(H,32,35). The molecular weight excluding hydrogens is 631 g/mol. The largest absolute Gasteiger partial charge is 0.481 e. The minimum atomic E-state index is -0.434. The summed E-state index contributed by atoms with van der Waals surface area (Å²) in [4.78, 5) is 30.0. The van der Waals surface area contributed by atoms with Crippen LogP contribution in [0.15, 0.2) is 73.4 Å². The maximum Gasteiger partial charge on any atom is 0.282 e. The molecule has 1 aromatic heterocycles. The van der Waals surface area contributed by atoms with E-state index in [1.54, 1.807) is 24.3 Å². The average molecular weight is 651 g/mol. The van der Waals surface area contributed by atoms with Crippen LogP contribution in [-0.4, -0.2) is 28.4 Å². The number of hydrogen-bond acceptors (Lipinski definition) is 5. The fraction of sp³-hybridized carbons (Fsp3) is 0.154. The van der Waals surface area contributed by atoms with Gasteiger partial charge in [0.1, 0.15) is 11.6 Å². The summed E-state index contributed by atoms with van der Waals surface area (Å²) in [6, 6.07) is 14.0. The van der Waals surface area contributed by atoms with Gasteiger partial charge in [0.15, 0.2) is 12.4 Å². The van der Waals surface area contributed by atoms with Gasteiger partial charge in [-0.15, -0.1) is 0 Å². The van der Waals surface area contributed by atoms with Crippen molar-refractivity contribution < 1.29 is 13.9 Å². The van der Waals surface area contributed by atoms with Crippen molar-refractivity contribution >= 4 is 72.2 Å². The van der Waals surface area contributed by atoms with Crippen molar-refractivity contribution in [3.05, 3.63) is 96.1 Å². The molecule has 0 saturated heterocycles. The van der Waals surface area contributed by atoms with Crippen LogP contribution in [0.25, 0.3) is 10.9 Å². The highest BCUT2D eigenvalue weighted by atomic mass is 79.9. The third-order valence-corrected chi connectivity index (χ3v) is 6.53. The second kappa shape index (κ2) is 11.5. The van der Waals surface area contributed by atoms with E-state index in [0.29, 0.717) is 32.5 Å². The molecule has 0 radical (unpaired) electrons. The summed E-state index contributed by atoms with van der Waals surface area (Å²) in [5.41, 5.74) is 1.34. The lowest BCUT2D eigenvalue weighted by Crippen LogP contribution is -2.23. The van der Waals surface area contributed by atoms with Gasteiger partial charge in [0, 0.05) is 16.1 Å². The average Bonchev–Trinajstić information content (AvgIpc) is 2.84. The van der Waals surface area contributed by atoms with Crippen molar-refractivity contribution in [2.45, 2.75) is 19.8 Å². The number of fused-ring (bicyclic) bond motifs is 1. The maximum absolute atomic E-state index is 13.2. The van der Waals surface area contributed by atoms with Crippen molar-refractivity contribution in [3.8, 4) is 5.75 Å². The molecule has 1 N–H and O–H groups in total. The number of carbonyl (C=O) groups is 1. The van der Waals surface area contributed by atoms with Gasteiger partial charge in [-0.3, -0.25) is 9.59 Å². The summed E-state index contributed by atoms with van der Waals surface area (Å²) in [5.74, 6) is -0.0937. The highest BCUT2D eigenvalue weighted by Gasteiger charge is 2.15. The molecule has 0 spiro atoms. The van der Waals surface area contributed by atoms with Gasteiger partial charge in [-0.05, 0) is 76.1 Å². The normalized spacial score (nSPS) is 11.4. The molecular formula is C26H20Br2ClFN4O3. The SMILES string of the molecule is CC(C)c1nc2ccc(Br)cc2c(=O)n1N=Cc1cc(Cl)c(OCC(=O)Nc2ccc(F)cc2)c(Br)c1. The van der Waals surface area contributed by atoms with Gasteiger partial charge in [0.05, 0.1) is 26.6 Å². The summed E-state index contributed by atoms with van der Waals surface area (Å²) in [6.45, 7) is 3.56. The van der Waals surface area contributed by atoms with Crippen LogP contribution >= 0.6 is 43.5 Å². The smallest absolute Gasteiger partial charge is 0.282 e. The molecule has 1 heterocycles. The summed E-state index contributed by atoms with van der Waals surface area (Å²) >= 11 is 13.2. The van der Waals surface area contributed by atoms with Crippen LogP contribution in [0.3, 0.4) is 0 Å². The Hall–Kier alpha value is -3.08. The lowest BCUT2D eigenvalue weighted by atomic mass is 10.2. The lowest BCUT2D eigenvalue weighted by Gasteiger charge is -2.13. The van der Waals surface area contributed by atoms with Crippen LogP contribution in [0.1, 0.15) is 31.2 Å². The van der Waals surface area contributed by atoms with Crippen molar-refractivity contribution in [1.82, 2.24) is 9.66 Å². The van der Waals surface area contributed by atoms with Gasteiger partial charge >= 0.3 is 0 Å². The molecule has 190 valence electrons. The number of aromatic nitrogens is 2.